The molecule has 1 heterocycles. The van der Waals surface area contributed by atoms with E-state index in [1.54, 1.807) is 6.08 Å². The fourth-order valence-electron chi connectivity index (χ4n) is 7.80. The predicted molar refractivity (Wildman–Crippen MR) is 194 cm³/mol. The van der Waals surface area contributed by atoms with Gasteiger partial charge in [-0.2, -0.15) is 0 Å². The quantitative estimate of drug-likeness (QED) is 0.127. The standard InChI is InChI=1S/C23H18N.C19H32O2.CH4.Ir/c1-2-9-18-15-24-23(21-14-6-11-17(8-1)22(18)21)20-13-5-10-16-7-3-4-12-19(16)20;1-18(2)9-5-14(6-10-18)16(20)13-17(21)15-7-11-19(3,4)12-8-15;;/h3-7,10-12,14-15H,1-2,8-9H2;13-15,20H,5-12H2,1-4H3;1H4;/q-1;;;. The largest absolute Gasteiger partial charge is 0.512 e. The van der Waals surface area contributed by atoms with Crippen LogP contribution in [0.5, 0.6) is 0 Å². The van der Waals surface area contributed by atoms with Gasteiger partial charge in [-0.3, -0.25) is 4.79 Å². The average Bonchev–Trinajstić information content (AvgIpc) is 3.24. The molecule has 3 aromatic carbocycles. The average molecular weight is 809 g/mol. The van der Waals surface area contributed by atoms with Gasteiger partial charge in [-0.15, -0.1) is 29.1 Å². The van der Waals surface area contributed by atoms with Crippen molar-refractivity contribution in [1.29, 1.82) is 0 Å². The van der Waals surface area contributed by atoms with Crippen LogP contribution in [-0.4, -0.2) is 15.9 Å². The van der Waals surface area contributed by atoms with Crippen LogP contribution in [0.4, 0.5) is 0 Å². The summed E-state index contributed by atoms with van der Waals surface area (Å²) in [5.74, 6) is 0.857. The number of ketones is 1. The molecule has 3 aliphatic carbocycles. The third-order valence-corrected chi connectivity index (χ3v) is 11.0. The van der Waals surface area contributed by atoms with Crippen molar-refractivity contribution >= 4 is 27.3 Å². The minimum atomic E-state index is 0. The summed E-state index contributed by atoms with van der Waals surface area (Å²) in [4.78, 5) is 17.2. The van der Waals surface area contributed by atoms with Crippen molar-refractivity contribution in [2.75, 3.05) is 0 Å². The van der Waals surface area contributed by atoms with E-state index in [1.807, 2.05) is 6.07 Å². The number of carbonyl (C=O) groups is 1. The number of carbonyl (C=O) groups excluding carboxylic acids is 1. The number of hydrogen-bond acceptors (Lipinski definition) is 3. The summed E-state index contributed by atoms with van der Waals surface area (Å²) in [7, 11) is 0. The second-order valence-corrected chi connectivity index (χ2v) is 15.5. The fourth-order valence-corrected chi connectivity index (χ4v) is 7.80. The molecular formula is C43H54IrNO2-. The smallest absolute Gasteiger partial charge is 0.162 e. The molecule has 2 saturated carbocycles. The fraction of sp³-hybridized carbons (Fsp3) is 0.488. The Morgan fingerprint density at radius 2 is 1.40 bits per heavy atom. The number of nitrogens with zero attached hydrogens (tertiary/aromatic N) is 1. The van der Waals surface area contributed by atoms with E-state index in [4.69, 9.17) is 4.98 Å². The van der Waals surface area contributed by atoms with Gasteiger partial charge in [0.1, 0.15) is 0 Å². The molecule has 1 N–H and O–H groups in total. The Balaban J connectivity index is 0.000000206. The van der Waals surface area contributed by atoms with Crippen LogP contribution in [0, 0.1) is 28.7 Å². The number of fused-ring (bicyclic) bond motifs is 1. The van der Waals surface area contributed by atoms with Crippen LogP contribution in [0.2, 0.25) is 0 Å². The molecule has 1 radical (unpaired) electrons. The monoisotopic (exact) mass is 809 g/mol. The van der Waals surface area contributed by atoms with Crippen LogP contribution >= 0.6 is 0 Å². The molecule has 4 heteroatoms. The van der Waals surface area contributed by atoms with Crippen molar-refractivity contribution < 1.29 is 30.0 Å². The first-order chi connectivity index (χ1) is 21.6. The van der Waals surface area contributed by atoms with Gasteiger partial charge in [0.25, 0.3) is 0 Å². The van der Waals surface area contributed by atoms with Gasteiger partial charge < -0.3 is 10.1 Å². The Labute approximate surface area is 297 Å². The van der Waals surface area contributed by atoms with Crippen molar-refractivity contribution in [2.24, 2.45) is 22.7 Å². The first-order valence-corrected chi connectivity index (χ1v) is 17.3. The normalized spacial score (nSPS) is 19.4. The van der Waals surface area contributed by atoms with E-state index in [0.717, 1.165) is 69.0 Å². The number of aryl methyl sites for hydroxylation is 2. The van der Waals surface area contributed by atoms with Crippen molar-refractivity contribution in [1.82, 2.24) is 4.98 Å². The number of pyridine rings is 1. The van der Waals surface area contributed by atoms with Gasteiger partial charge >= 0.3 is 0 Å². The van der Waals surface area contributed by atoms with E-state index < -0.39 is 0 Å². The number of rotatable bonds is 4. The number of allylic oxidation sites excluding steroid dienone is 2. The summed E-state index contributed by atoms with van der Waals surface area (Å²) in [5.41, 5.74) is 5.84. The summed E-state index contributed by atoms with van der Waals surface area (Å²) >= 11 is 0. The van der Waals surface area contributed by atoms with E-state index >= 15 is 0 Å². The number of benzene rings is 3. The molecule has 0 saturated heterocycles. The van der Waals surface area contributed by atoms with E-state index in [-0.39, 0.29) is 45.2 Å². The Hall–Kier alpha value is -2.81. The minimum absolute atomic E-state index is 0. The predicted octanol–water partition coefficient (Wildman–Crippen LogP) is 11.8. The molecule has 3 nitrogen and oxygen atoms in total. The van der Waals surface area contributed by atoms with Crippen molar-refractivity contribution in [3.05, 3.63) is 89.8 Å². The number of aliphatic hydroxyl groups is 1. The molecular weight excluding hydrogens is 755 g/mol. The Morgan fingerprint density at radius 3 is 2.09 bits per heavy atom. The Morgan fingerprint density at radius 1 is 0.809 bits per heavy atom. The zero-order valence-electron chi connectivity index (χ0n) is 28.1. The maximum Gasteiger partial charge on any atom is 0.162 e. The Bertz CT molecular complexity index is 1680. The molecule has 2 fully saturated rings. The van der Waals surface area contributed by atoms with E-state index in [0.29, 0.717) is 16.6 Å². The van der Waals surface area contributed by atoms with Gasteiger partial charge in [-0.05, 0) is 115 Å². The molecule has 7 rings (SSSR count). The van der Waals surface area contributed by atoms with Crippen LogP contribution in [0.3, 0.4) is 0 Å². The van der Waals surface area contributed by atoms with E-state index in [9.17, 15) is 9.90 Å². The van der Waals surface area contributed by atoms with Crippen LogP contribution in [0.15, 0.2) is 72.6 Å². The zero-order valence-corrected chi connectivity index (χ0v) is 30.5. The molecule has 1 aromatic heterocycles. The summed E-state index contributed by atoms with van der Waals surface area (Å²) in [6.45, 7) is 9.15. The van der Waals surface area contributed by atoms with Crippen LogP contribution in [0.1, 0.15) is 110 Å². The van der Waals surface area contributed by atoms with Crippen LogP contribution in [-0.2, 0) is 37.7 Å². The minimum Gasteiger partial charge on any atom is -0.512 e. The number of aromatic nitrogens is 1. The third-order valence-electron chi connectivity index (χ3n) is 11.0. The molecule has 0 unspecified atom stereocenters. The summed E-state index contributed by atoms with van der Waals surface area (Å²) in [5, 5.41) is 15.5. The molecule has 0 atom stereocenters. The molecule has 0 aliphatic heterocycles. The summed E-state index contributed by atoms with van der Waals surface area (Å²) in [6, 6.07) is 22.8. The van der Waals surface area contributed by atoms with Crippen LogP contribution in [0.25, 0.3) is 32.8 Å². The SMILES string of the molecule is C.CC1(C)CCC(C(=O)C=C(O)C2CCC(C)(C)CC2)CC1.[Ir].[c-]1ccc2ccccc2c1-c1ncc2c3c(cccc13)CCCC2. The van der Waals surface area contributed by atoms with E-state index in [1.165, 1.54) is 51.9 Å². The maximum absolute atomic E-state index is 12.4. The summed E-state index contributed by atoms with van der Waals surface area (Å²) in [6.07, 6.45) is 17.0. The van der Waals surface area contributed by atoms with Gasteiger partial charge in [0, 0.05) is 44.2 Å². The topological polar surface area (TPSA) is 50.2 Å². The van der Waals surface area contributed by atoms with Crippen molar-refractivity contribution in [2.45, 2.75) is 112 Å². The first kappa shape index (κ1) is 37.0. The number of aliphatic hydroxyl groups excluding tert-OH is 1. The van der Waals surface area contributed by atoms with Gasteiger partial charge in [0.2, 0.25) is 0 Å². The van der Waals surface area contributed by atoms with Gasteiger partial charge in [0.05, 0.1) is 5.76 Å². The Kier molecular flexibility index (Phi) is 12.3. The molecule has 0 amide bonds. The van der Waals surface area contributed by atoms with E-state index in [2.05, 4.69) is 88.5 Å². The molecule has 3 aliphatic rings. The van der Waals surface area contributed by atoms with Gasteiger partial charge in [-0.25, -0.2) is 0 Å². The van der Waals surface area contributed by atoms with Gasteiger partial charge in [0.15, 0.2) is 5.78 Å². The molecule has 0 spiro atoms. The number of hydrogen-bond donors (Lipinski definition) is 1. The van der Waals surface area contributed by atoms with Gasteiger partial charge in [-0.1, -0.05) is 83.0 Å². The second kappa shape index (κ2) is 15.6. The molecule has 4 aromatic rings. The van der Waals surface area contributed by atoms with Crippen LogP contribution < -0.4 is 0 Å². The van der Waals surface area contributed by atoms with Crippen molar-refractivity contribution in [3.63, 3.8) is 0 Å². The first-order valence-electron chi connectivity index (χ1n) is 17.3. The third kappa shape index (κ3) is 8.62. The summed E-state index contributed by atoms with van der Waals surface area (Å²) < 4.78 is 0. The maximum atomic E-state index is 12.4. The van der Waals surface area contributed by atoms with Crippen molar-refractivity contribution in [3.8, 4) is 11.3 Å². The molecule has 253 valence electrons. The molecule has 47 heavy (non-hydrogen) atoms. The zero-order chi connectivity index (χ0) is 31.6. The molecule has 0 bridgehead atoms. The second-order valence-electron chi connectivity index (χ2n) is 15.5.